The number of nitrogens with two attached hydrogens (primary N) is 1. The molecule has 3 aliphatic rings. The number of esters is 1. The lowest BCUT2D eigenvalue weighted by Gasteiger charge is -2.32. The number of rotatable bonds is 9. The Labute approximate surface area is 176 Å². The molecule has 3 N–H and O–H groups in total. The molecule has 162 valence electrons. The largest absolute Gasteiger partial charge is 0.466 e. The Balaban J connectivity index is 1.57. The van der Waals surface area contributed by atoms with Gasteiger partial charge in [-0.2, -0.15) is 12.6 Å². The van der Waals surface area contributed by atoms with E-state index in [1.54, 1.807) is 6.92 Å². The molecule has 1 unspecified atom stereocenters. The first kappa shape index (κ1) is 22.2. The molecule has 3 rings (SSSR count). The predicted octanol–water partition coefficient (Wildman–Crippen LogP) is 1.10. The summed E-state index contributed by atoms with van der Waals surface area (Å²) in [7, 11) is 0. The number of amidine groups is 1. The summed E-state index contributed by atoms with van der Waals surface area (Å²) in [5.41, 5.74) is 6.27. The molecule has 3 heterocycles. The van der Waals surface area contributed by atoms with Gasteiger partial charge in [-0.05, 0) is 32.6 Å². The average Bonchev–Trinajstić information content (AvgIpc) is 3.24. The van der Waals surface area contributed by atoms with Crippen molar-refractivity contribution in [3.8, 4) is 0 Å². The van der Waals surface area contributed by atoms with Crippen molar-refractivity contribution in [1.82, 2.24) is 4.90 Å². The van der Waals surface area contributed by atoms with E-state index in [0.717, 1.165) is 19.3 Å². The number of carbonyl (C=O) groups is 1. The van der Waals surface area contributed by atoms with E-state index < -0.39 is 18.0 Å². The van der Waals surface area contributed by atoms with Gasteiger partial charge in [0.05, 0.1) is 24.1 Å². The van der Waals surface area contributed by atoms with Crippen LogP contribution >= 0.6 is 12.6 Å². The first-order chi connectivity index (χ1) is 13.9. The van der Waals surface area contributed by atoms with Crippen LogP contribution in [0, 0.1) is 0 Å². The Morgan fingerprint density at radius 2 is 2.24 bits per heavy atom. The number of aliphatic hydroxyl groups is 1. The summed E-state index contributed by atoms with van der Waals surface area (Å²) in [5, 5.41) is 9.98. The van der Waals surface area contributed by atoms with Crippen molar-refractivity contribution < 1.29 is 19.4 Å². The first-order valence-electron chi connectivity index (χ1n) is 10.3. The van der Waals surface area contributed by atoms with Gasteiger partial charge in [0.25, 0.3) is 0 Å². The average molecular weight is 426 g/mol. The van der Waals surface area contributed by atoms with E-state index in [1.807, 2.05) is 11.8 Å². The van der Waals surface area contributed by atoms with Gasteiger partial charge in [0.1, 0.15) is 24.9 Å². The fourth-order valence-electron chi connectivity index (χ4n) is 3.92. The molecule has 9 nitrogen and oxygen atoms in total. The number of thiol groups is 1. The Morgan fingerprint density at radius 3 is 2.93 bits per heavy atom. The lowest BCUT2D eigenvalue weighted by atomic mass is 9.95. The maximum atomic E-state index is 11.4. The summed E-state index contributed by atoms with van der Waals surface area (Å²) >= 11 is 4.56. The number of hydrogen-bond acceptors (Lipinski definition) is 10. The van der Waals surface area contributed by atoms with Crippen LogP contribution < -0.4 is 5.73 Å². The third-order valence-electron chi connectivity index (χ3n) is 5.53. The second-order valence-corrected chi connectivity index (χ2v) is 8.16. The normalized spacial score (nSPS) is 33.5. The van der Waals surface area contributed by atoms with Crippen LogP contribution in [0.3, 0.4) is 0 Å². The van der Waals surface area contributed by atoms with Gasteiger partial charge >= 0.3 is 5.97 Å². The molecule has 0 aromatic heterocycles. The lowest BCUT2D eigenvalue weighted by Crippen LogP contribution is -2.55. The van der Waals surface area contributed by atoms with Crippen LogP contribution in [0.25, 0.3) is 0 Å². The molecular formula is C19H31N5O4S. The Hall–Kier alpha value is -1.49. The highest BCUT2D eigenvalue weighted by atomic mass is 32.1. The summed E-state index contributed by atoms with van der Waals surface area (Å²) in [6.45, 7) is 4.54. The van der Waals surface area contributed by atoms with Crippen LogP contribution in [0.2, 0.25) is 0 Å². The van der Waals surface area contributed by atoms with Gasteiger partial charge < -0.3 is 25.2 Å². The maximum Gasteiger partial charge on any atom is 0.305 e. The Morgan fingerprint density at radius 1 is 1.45 bits per heavy atom. The van der Waals surface area contributed by atoms with Gasteiger partial charge in [-0.3, -0.25) is 9.79 Å². The molecule has 1 saturated heterocycles. The van der Waals surface area contributed by atoms with E-state index >= 15 is 0 Å². The van der Waals surface area contributed by atoms with Gasteiger partial charge in [0.15, 0.2) is 11.5 Å². The van der Waals surface area contributed by atoms with E-state index in [9.17, 15) is 9.90 Å². The Kier molecular flexibility index (Phi) is 7.31. The van der Waals surface area contributed by atoms with Crippen molar-refractivity contribution in [1.29, 1.82) is 0 Å². The fourth-order valence-corrected chi connectivity index (χ4v) is 4.34. The van der Waals surface area contributed by atoms with Crippen molar-refractivity contribution >= 4 is 36.5 Å². The molecule has 0 aliphatic carbocycles. The number of unbranched alkanes of at least 4 members (excludes halogenated alkanes) is 2. The zero-order chi connectivity index (χ0) is 21.0. The highest BCUT2D eigenvalue weighted by molar-refractivity contribution is 7.81. The molecule has 0 radical (unpaired) electrons. The number of nitrogens with zero attached hydrogens (tertiary/aromatic N) is 4. The smallest absolute Gasteiger partial charge is 0.305 e. The molecular weight excluding hydrogens is 394 g/mol. The van der Waals surface area contributed by atoms with Crippen LogP contribution in [0.1, 0.15) is 52.4 Å². The molecule has 10 heteroatoms. The van der Waals surface area contributed by atoms with Crippen LogP contribution in [0.5, 0.6) is 0 Å². The standard InChI is InChI=1S/C19H31N5O4S/c1-3-12-14(26)15(29)18(28-12)24-11-22-16-17(24)21-10-23-19(16,20)9-7-5-6-8-13(25)27-4-2/h10,12,14-15,18,26,29H,3-9,11,20H2,1-2H3/t12-,14-,15-,18-,19?/m1/s1. The third-order valence-corrected chi connectivity index (χ3v) is 6.09. The Bertz CT molecular complexity index is 700. The van der Waals surface area contributed by atoms with E-state index in [-0.39, 0.29) is 17.3 Å². The van der Waals surface area contributed by atoms with Gasteiger partial charge in [-0.25, -0.2) is 9.98 Å². The predicted molar refractivity (Wildman–Crippen MR) is 114 cm³/mol. The summed E-state index contributed by atoms with van der Waals surface area (Å²) in [6, 6.07) is 0. The number of fused-ring (bicyclic) bond motifs is 1. The minimum Gasteiger partial charge on any atom is -0.466 e. The summed E-state index contributed by atoms with van der Waals surface area (Å²) in [6.07, 6.45) is 4.30. The lowest BCUT2D eigenvalue weighted by molar-refractivity contribution is -0.143. The van der Waals surface area contributed by atoms with Crippen molar-refractivity contribution in [2.24, 2.45) is 20.7 Å². The van der Waals surface area contributed by atoms with Crippen molar-refractivity contribution in [3.05, 3.63) is 0 Å². The molecule has 3 aliphatic heterocycles. The summed E-state index contributed by atoms with van der Waals surface area (Å²) in [4.78, 5) is 26.7. The van der Waals surface area contributed by atoms with Crippen LogP contribution in [0.4, 0.5) is 0 Å². The molecule has 0 amide bonds. The minimum absolute atomic E-state index is 0.165. The van der Waals surface area contributed by atoms with E-state index in [1.165, 1.54) is 6.34 Å². The number of aliphatic hydroxyl groups excluding tert-OH is 1. The quantitative estimate of drug-likeness (QED) is 0.289. The van der Waals surface area contributed by atoms with E-state index in [4.69, 9.17) is 15.2 Å². The molecule has 0 aromatic rings. The van der Waals surface area contributed by atoms with Crippen molar-refractivity contribution in [2.45, 2.75) is 81.7 Å². The van der Waals surface area contributed by atoms with Gasteiger partial charge in [-0.15, -0.1) is 0 Å². The summed E-state index contributed by atoms with van der Waals surface area (Å²) in [5.74, 6) is 0.475. The van der Waals surface area contributed by atoms with Gasteiger partial charge in [0, 0.05) is 6.42 Å². The van der Waals surface area contributed by atoms with Gasteiger partial charge in [-0.1, -0.05) is 13.3 Å². The number of aliphatic imine (C=N–C) groups is 3. The fraction of sp³-hybridized carbons (Fsp3) is 0.789. The maximum absolute atomic E-state index is 11.4. The van der Waals surface area contributed by atoms with Crippen LogP contribution in [-0.2, 0) is 14.3 Å². The minimum atomic E-state index is -0.941. The van der Waals surface area contributed by atoms with E-state index in [2.05, 4.69) is 27.6 Å². The second kappa shape index (κ2) is 9.55. The molecule has 0 spiro atoms. The molecule has 5 atom stereocenters. The van der Waals surface area contributed by atoms with Crippen molar-refractivity contribution in [2.75, 3.05) is 13.3 Å². The SMILES string of the molecule is CCOC(=O)CCCCCC1(N)N=CN=C2C1=NCN2[C@@H]1O[C@H](CC)[C@@H](O)[C@H]1S. The zero-order valence-corrected chi connectivity index (χ0v) is 17.9. The molecule has 29 heavy (non-hydrogen) atoms. The van der Waals surface area contributed by atoms with E-state index in [0.29, 0.717) is 44.1 Å². The topological polar surface area (TPSA) is 122 Å². The van der Waals surface area contributed by atoms with Crippen LogP contribution in [0.15, 0.2) is 15.0 Å². The number of hydrogen-bond donors (Lipinski definition) is 3. The third kappa shape index (κ3) is 4.65. The summed E-state index contributed by atoms with van der Waals surface area (Å²) < 4.78 is 11.0. The number of ether oxygens (including phenoxy) is 2. The highest BCUT2D eigenvalue weighted by Crippen LogP contribution is 2.33. The second-order valence-electron chi connectivity index (χ2n) is 7.56. The first-order valence-corrected chi connectivity index (χ1v) is 10.8. The highest BCUT2D eigenvalue weighted by Gasteiger charge is 2.49. The molecule has 1 fully saturated rings. The molecule has 0 bridgehead atoms. The molecule has 0 aromatic carbocycles. The van der Waals surface area contributed by atoms with Gasteiger partial charge in [0.2, 0.25) is 0 Å². The monoisotopic (exact) mass is 425 g/mol. The van der Waals surface area contributed by atoms with Crippen molar-refractivity contribution in [3.63, 3.8) is 0 Å². The molecule has 0 saturated carbocycles. The van der Waals surface area contributed by atoms with Crippen LogP contribution in [-0.4, -0.2) is 76.5 Å². The zero-order valence-electron chi connectivity index (χ0n) is 17.0. The number of carbonyl (C=O) groups excluding carboxylic acids is 1.